The van der Waals surface area contributed by atoms with Crippen LogP contribution in [0, 0.1) is 23.0 Å². The second-order valence-corrected chi connectivity index (χ2v) is 4.05. The van der Waals surface area contributed by atoms with Crippen molar-refractivity contribution in [3.05, 3.63) is 29.3 Å². The molecule has 2 N–H and O–H groups in total. The van der Waals surface area contributed by atoms with Crippen LogP contribution < -0.4 is 10.6 Å². The van der Waals surface area contributed by atoms with Crippen LogP contribution in [0.4, 0.5) is 14.5 Å². The second-order valence-electron chi connectivity index (χ2n) is 4.05. The van der Waals surface area contributed by atoms with Crippen molar-refractivity contribution in [3.8, 4) is 6.07 Å². The molecule has 1 rings (SSSR count). The number of ether oxygens (including phenoxy) is 1. The van der Waals surface area contributed by atoms with Crippen molar-refractivity contribution in [1.29, 1.82) is 5.26 Å². The normalized spacial score (nSPS) is 11.6. The van der Waals surface area contributed by atoms with Crippen LogP contribution in [0.5, 0.6) is 0 Å². The lowest BCUT2D eigenvalue weighted by Crippen LogP contribution is -2.39. The molecule has 1 aromatic carbocycles. The predicted molar refractivity (Wildman–Crippen MR) is 69.0 cm³/mol. The molecule has 1 aromatic rings. The molecule has 20 heavy (non-hydrogen) atoms. The van der Waals surface area contributed by atoms with E-state index in [9.17, 15) is 13.6 Å². The minimum atomic E-state index is -1.23. The van der Waals surface area contributed by atoms with Crippen LogP contribution in [0.1, 0.15) is 12.5 Å². The lowest BCUT2D eigenvalue weighted by atomic mass is 10.2. The van der Waals surface area contributed by atoms with E-state index in [1.165, 1.54) is 26.2 Å². The number of nitrogens with one attached hydrogen (secondary N) is 2. The maximum Gasteiger partial charge on any atom is 0.242 e. The number of carbonyl (C=O) groups is 1. The number of nitriles is 1. The van der Waals surface area contributed by atoms with Crippen molar-refractivity contribution in [3.63, 3.8) is 0 Å². The average Bonchev–Trinajstić information content (AvgIpc) is 2.44. The minimum Gasteiger partial charge on any atom is -0.383 e. The number of nitrogens with zero attached hydrogens (tertiary/aromatic N) is 1. The first-order chi connectivity index (χ1) is 9.51. The van der Waals surface area contributed by atoms with Crippen LogP contribution >= 0.6 is 0 Å². The van der Waals surface area contributed by atoms with E-state index in [0.717, 1.165) is 6.07 Å². The molecule has 0 heterocycles. The summed E-state index contributed by atoms with van der Waals surface area (Å²) in [5.74, 6) is -2.78. The highest BCUT2D eigenvalue weighted by atomic mass is 19.2. The van der Waals surface area contributed by atoms with Gasteiger partial charge in [0.15, 0.2) is 11.6 Å². The average molecular weight is 283 g/mol. The van der Waals surface area contributed by atoms with Crippen molar-refractivity contribution in [2.75, 3.05) is 25.6 Å². The van der Waals surface area contributed by atoms with E-state index in [-0.39, 0.29) is 17.2 Å². The fraction of sp³-hybridized carbons (Fsp3) is 0.385. The van der Waals surface area contributed by atoms with E-state index in [0.29, 0.717) is 13.2 Å². The molecule has 0 spiro atoms. The van der Waals surface area contributed by atoms with Gasteiger partial charge in [-0.05, 0) is 19.1 Å². The molecule has 0 bridgehead atoms. The lowest BCUT2D eigenvalue weighted by Gasteiger charge is -2.16. The Morgan fingerprint density at radius 2 is 2.15 bits per heavy atom. The number of methoxy groups -OCH3 is 1. The van der Waals surface area contributed by atoms with Gasteiger partial charge in [0, 0.05) is 13.7 Å². The Morgan fingerprint density at radius 3 is 2.75 bits per heavy atom. The molecule has 0 aromatic heterocycles. The number of amides is 1. The molecular weight excluding hydrogens is 268 g/mol. The molecule has 7 heteroatoms. The topological polar surface area (TPSA) is 74.2 Å². The lowest BCUT2D eigenvalue weighted by molar-refractivity contribution is -0.121. The van der Waals surface area contributed by atoms with Gasteiger partial charge in [0.25, 0.3) is 0 Å². The van der Waals surface area contributed by atoms with Crippen molar-refractivity contribution < 1.29 is 18.3 Å². The molecule has 0 fully saturated rings. The van der Waals surface area contributed by atoms with Gasteiger partial charge in [0.1, 0.15) is 12.1 Å². The molecule has 0 aliphatic heterocycles. The van der Waals surface area contributed by atoms with Gasteiger partial charge < -0.3 is 15.4 Å². The second kappa shape index (κ2) is 7.40. The summed E-state index contributed by atoms with van der Waals surface area (Å²) in [4.78, 5) is 11.6. The van der Waals surface area contributed by atoms with E-state index in [4.69, 9.17) is 10.00 Å². The zero-order chi connectivity index (χ0) is 15.1. The van der Waals surface area contributed by atoms with Crippen LogP contribution in [-0.2, 0) is 9.53 Å². The van der Waals surface area contributed by atoms with E-state index >= 15 is 0 Å². The van der Waals surface area contributed by atoms with E-state index in [1.807, 2.05) is 0 Å². The third-order valence-electron chi connectivity index (χ3n) is 2.57. The van der Waals surface area contributed by atoms with Gasteiger partial charge in [-0.25, -0.2) is 8.78 Å². The molecule has 1 atom stereocenters. The first-order valence-electron chi connectivity index (χ1n) is 5.92. The molecule has 0 aliphatic rings. The molecule has 108 valence electrons. The summed E-state index contributed by atoms with van der Waals surface area (Å²) in [5, 5.41) is 13.7. The third-order valence-corrected chi connectivity index (χ3v) is 2.57. The van der Waals surface area contributed by atoms with Gasteiger partial charge >= 0.3 is 0 Å². The zero-order valence-electron chi connectivity index (χ0n) is 11.2. The van der Waals surface area contributed by atoms with E-state index < -0.39 is 17.7 Å². The number of carbonyl (C=O) groups excluding carboxylic acids is 1. The Bertz CT molecular complexity index is 529. The van der Waals surface area contributed by atoms with Crippen LogP contribution in [0.3, 0.4) is 0 Å². The number of hydrogen-bond acceptors (Lipinski definition) is 4. The molecule has 5 nitrogen and oxygen atoms in total. The first-order valence-corrected chi connectivity index (χ1v) is 5.92. The maximum absolute atomic E-state index is 13.6. The third kappa shape index (κ3) is 3.90. The van der Waals surface area contributed by atoms with Crippen LogP contribution in [0.15, 0.2) is 12.1 Å². The molecule has 0 radical (unpaired) electrons. The van der Waals surface area contributed by atoms with Crippen LogP contribution in [0.25, 0.3) is 0 Å². The molecule has 0 saturated carbocycles. The molecule has 1 unspecified atom stereocenters. The number of benzene rings is 1. The molecule has 1 amide bonds. The number of rotatable bonds is 6. The van der Waals surface area contributed by atoms with E-state index in [1.54, 1.807) is 0 Å². The van der Waals surface area contributed by atoms with Gasteiger partial charge in [-0.2, -0.15) is 5.26 Å². The Kier molecular flexibility index (Phi) is 5.87. The largest absolute Gasteiger partial charge is 0.383 e. The highest BCUT2D eigenvalue weighted by molar-refractivity contribution is 5.84. The van der Waals surface area contributed by atoms with Gasteiger partial charge in [-0.1, -0.05) is 0 Å². The summed E-state index contributed by atoms with van der Waals surface area (Å²) in [7, 11) is 1.50. The molecule has 0 saturated heterocycles. The molecular formula is C13H15F2N3O2. The highest BCUT2D eigenvalue weighted by Gasteiger charge is 2.17. The van der Waals surface area contributed by atoms with Gasteiger partial charge in [0.05, 0.1) is 17.9 Å². The highest BCUT2D eigenvalue weighted by Crippen LogP contribution is 2.20. The van der Waals surface area contributed by atoms with Crippen LogP contribution in [0.2, 0.25) is 0 Å². The van der Waals surface area contributed by atoms with Crippen LogP contribution in [-0.4, -0.2) is 32.2 Å². The number of anilines is 1. The minimum absolute atomic E-state index is 0.170. The SMILES string of the molecule is COCCNC(=O)C(C)Nc1ccc(C#N)c(F)c1F. The fourth-order valence-electron chi connectivity index (χ4n) is 1.48. The van der Waals surface area contributed by atoms with Crippen molar-refractivity contribution >= 4 is 11.6 Å². The summed E-state index contributed by atoms with van der Waals surface area (Å²) in [6, 6.07) is 3.15. The maximum atomic E-state index is 13.6. The smallest absolute Gasteiger partial charge is 0.242 e. The van der Waals surface area contributed by atoms with Crippen molar-refractivity contribution in [2.24, 2.45) is 0 Å². The number of hydrogen-bond donors (Lipinski definition) is 2. The van der Waals surface area contributed by atoms with Crippen molar-refractivity contribution in [2.45, 2.75) is 13.0 Å². The Hall–Kier alpha value is -2.20. The summed E-state index contributed by atoms with van der Waals surface area (Å²) in [6.07, 6.45) is 0. The monoisotopic (exact) mass is 283 g/mol. The predicted octanol–water partition coefficient (Wildman–Crippen LogP) is 1.40. The standard InChI is InChI=1S/C13H15F2N3O2/c1-8(13(19)17-5-6-20-2)18-10-4-3-9(7-16)11(14)12(10)15/h3-4,8,18H,5-6H2,1-2H3,(H,17,19). The fourth-order valence-corrected chi connectivity index (χ4v) is 1.48. The Balaban J connectivity index is 2.71. The molecule has 0 aliphatic carbocycles. The summed E-state index contributed by atoms with van der Waals surface area (Å²) in [5.41, 5.74) is -0.554. The summed E-state index contributed by atoms with van der Waals surface area (Å²) < 4.78 is 31.8. The van der Waals surface area contributed by atoms with E-state index in [2.05, 4.69) is 10.6 Å². The van der Waals surface area contributed by atoms with Crippen molar-refractivity contribution in [1.82, 2.24) is 5.32 Å². The Morgan fingerprint density at radius 1 is 1.45 bits per heavy atom. The summed E-state index contributed by atoms with van der Waals surface area (Å²) >= 11 is 0. The van der Waals surface area contributed by atoms with Gasteiger partial charge in [0.2, 0.25) is 5.91 Å². The van der Waals surface area contributed by atoms with Gasteiger partial charge in [-0.3, -0.25) is 4.79 Å². The first kappa shape index (κ1) is 15.9. The van der Waals surface area contributed by atoms with Gasteiger partial charge in [-0.15, -0.1) is 0 Å². The zero-order valence-corrected chi connectivity index (χ0v) is 11.2. The Labute approximate surface area is 115 Å². The quantitative estimate of drug-likeness (QED) is 0.774. The number of halogens is 2. The summed E-state index contributed by atoms with van der Waals surface area (Å²) in [6.45, 7) is 2.20.